The van der Waals surface area contributed by atoms with Gasteiger partial charge in [-0.3, -0.25) is 4.90 Å². The van der Waals surface area contributed by atoms with Crippen molar-refractivity contribution >= 4 is 11.7 Å². The van der Waals surface area contributed by atoms with Crippen molar-refractivity contribution in [2.24, 2.45) is 4.99 Å². The van der Waals surface area contributed by atoms with Crippen LogP contribution in [-0.4, -0.2) is 12.6 Å². The van der Waals surface area contributed by atoms with E-state index >= 15 is 0 Å². The molecule has 2 aliphatic heterocycles. The summed E-state index contributed by atoms with van der Waals surface area (Å²) in [5, 5.41) is 0. The summed E-state index contributed by atoms with van der Waals surface area (Å²) in [4.78, 5) is 5.65. The van der Waals surface area contributed by atoms with Gasteiger partial charge in [-0.2, -0.15) is 0 Å². The quantitative estimate of drug-likeness (QED) is 0.598. The first-order chi connectivity index (χ1) is 7.27. The molecule has 0 bridgehead atoms. The van der Waals surface area contributed by atoms with Gasteiger partial charge in [-0.15, -0.1) is 0 Å². The van der Waals surface area contributed by atoms with Gasteiger partial charge in [0.05, 0.1) is 15.0 Å². The number of hydrogen-bond acceptors (Lipinski definition) is 3. The second-order valence-corrected chi connectivity index (χ2v) is 2.79. The molecular weight excluding hydrogens is 164 g/mol. The van der Waals surface area contributed by atoms with Gasteiger partial charge in [-0.25, -0.2) is 4.99 Å². The summed E-state index contributed by atoms with van der Waals surface area (Å²) in [6.07, 6.45) is 0.143. The van der Waals surface area contributed by atoms with Gasteiger partial charge in [-0.1, -0.05) is 12.1 Å². The number of para-hydroxylation sites is 2. The molecule has 0 atom stereocenters. The van der Waals surface area contributed by atoms with Gasteiger partial charge in [0.25, 0.3) is 0 Å². The number of aliphatic imine (C=N–C) groups is 1. The highest BCUT2D eigenvalue weighted by Crippen LogP contribution is 2.35. The summed E-state index contributed by atoms with van der Waals surface area (Å²) in [6, 6.07) is 8.03. The minimum Gasteiger partial charge on any atom is -0.423 e. The first-order valence-corrected chi connectivity index (χ1v) is 4.05. The molecule has 3 rings (SSSR count). The molecule has 2 heterocycles. The zero-order chi connectivity index (χ0) is 10.4. The Morgan fingerprint density at radius 1 is 1.46 bits per heavy atom. The smallest absolute Gasteiger partial charge is 0.302 e. The first-order valence-electron chi connectivity index (χ1n) is 5.05. The fourth-order valence-electron chi connectivity index (χ4n) is 1.41. The lowest BCUT2D eigenvalue weighted by Gasteiger charge is -2.13. The second-order valence-electron chi connectivity index (χ2n) is 2.79. The van der Waals surface area contributed by atoms with E-state index < -0.39 is 0 Å². The maximum absolute atomic E-state index is 7.79. The van der Waals surface area contributed by atoms with Crippen LogP contribution in [0.4, 0.5) is 5.69 Å². The van der Waals surface area contributed by atoms with Crippen LogP contribution in [0.25, 0.3) is 0 Å². The maximum atomic E-state index is 7.79. The highest BCUT2D eigenvalue weighted by atomic mass is 16.5. The van der Waals surface area contributed by atoms with Crippen LogP contribution >= 0.6 is 0 Å². The fraction of sp³-hybridized carbons (Fsp3) is 0.100. The number of amidine groups is 1. The molecule has 3 heteroatoms. The Kier molecular flexibility index (Phi) is 0.919. The Balaban J connectivity index is 2.17. The molecule has 0 aliphatic carbocycles. The van der Waals surface area contributed by atoms with Crippen molar-refractivity contribution in [3.8, 4) is 5.75 Å². The third kappa shape index (κ3) is 0.869. The normalized spacial score (nSPS) is 21.2. The molecule has 0 saturated carbocycles. The molecule has 1 aromatic carbocycles. The van der Waals surface area contributed by atoms with E-state index in [0.717, 1.165) is 5.69 Å². The topological polar surface area (TPSA) is 24.8 Å². The van der Waals surface area contributed by atoms with Crippen molar-refractivity contribution in [1.82, 2.24) is 0 Å². The highest BCUT2D eigenvalue weighted by molar-refractivity contribution is 6.02. The first kappa shape index (κ1) is 5.07. The van der Waals surface area contributed by atoms with Gasteiger partial charge >= 0.3 is 6.02 Å². The average molecular weight is 174 g/mol. The van der Waals surface area contributed by atoms with E-state index in [1.54, 1.807) is 4.90 Å². The molecule has 1 aromatic rings. The van der Waals surface area contributed by atoms with Gasteiger partial charge in [0, 0.05) is 6.18 Å². The molecule has 2 aliphatic rings. The number of nitrogens with zero attached hydrogens (tertiary/aromatic N) is 2. The number of ether oxygens (including phenoxy) is 1. The lowest BCUT2D eigenvalue weighted by molar-refractivity contribution is 0.562. The predicted octanol–water partition coefficient (Wildman–Crippen LogP) is 1.77. The minimum absolute atomic E-state index is 0.143. The summed E-state index contributed by atoms with van der Waals surface area (Å²) in [7, 11) is 0. The minimum atomic E-state index is 0.143. The third-order valence-corrected chi connectivity index (χ3v) is 1.98. The van der Waals surface area contributed by atoms with Crippen LogP contribution in [0, 0.1) is 0 Å². The standard InChI is InChI=1S/C10H8N2O/c1-2-5-9-8(4-1)12-7-3-6-11-10(12)13-9/h1-5,7H,6H2/i3D,7D. The summed E-state index contributed by atoms with van der Waals surface area (Å²) in [5.41, 5.74) is 0.783. The van der Waals surface area contributed by atoms with Crippen molar-refractivity contribution in [1.29, 1.82) is 0 Å². The molecule has 0 radical (unpaired) electrons. The highest BCUT2D eigenvalue weighted by Gasteiger charge is 2.26. The van der Waals surface area contributed by atoms with Crippen molar-refractivity contribution in [2.75, 3.05) is 11.4 Å². The average Bonchev–Trinajstić information content (AvgIpc) is 2.62. The Morgan fingerprint density at radius 2 is 2.38 bits per heavy atom. The molecule has 0 aromatic heterocycles. The lowest BCUT2D eigenvalue weighted by atomic mass is 10.3. The van der Waals surface area contributed by atoms with Gasteiger partial charge < -0.3 is 4.74 Å². The second kappa shape index (κ2) is 2.36. The van der Waals surface area contributed by atoms with Gasteiger partial charge in [-0.05, 0) is 18.2 Å². The zero-order valence-corrected chi connectivity index (χ0v) is 6.82. The largest absolute Gasteiger partial charge is 0.423 e. The van der Waals surface area contributed by atoms with Crippen LogP contribution in [-0.2, 0) is 0 Å². The molecule has 0 amide bonds. The summed E-state index contributed by atoms with van der Waals surface area (Å²) < 4.78 is 20.8. The van der Waals surface area contributed by atoms with Crippen molar-refractivity contribution in [2.45, 2.75) is 0 Å². The number of benzene rings is 1. The van der Waals surface area contributed by atoms with Crippen LogP contribution in [0.1, 0.15) is 2.74 Å². The van der Waals surface area contributed by atoms with E-state index in [1.165, 1.54) is 0 Å². The van der Waals surface area contributed by atoms with Crippen LogP contribution < -0.4 is 9.64 Å². The predicted molar refractivity (Wildman–Crippen MR) is 51.0 cm³/mol. The van der Waals surface area contributed by atoms with Crippen molar-refractivity contribution < 1.29 is 7.48 Å². The van der Waals surface area contributed by atoms with E-state index in [9.17, 15) is 0 Å². The zero-order valence-electron chi connectivity index (χ0n) is 8.82. The number of fused-ring (bicyclic) bond motifs is 3. The van der Waals surface area contributed by atoms with Crippen LogP contribution in [0.5, 0.6) is 5.75 Å². The Hall–Kier alpha value is -1.77. The molecule has 0 N–H and O–H groups in total. The molecule has 13 heavy (non-hydrogen) atoms. The monoisotopic (exact) mass is 174 g/mol. The van der Waals surface area contributed by atoms with Gasteiger partial charge in [0.1, 0.15) is 0 Å². The van der Waals surface area contributed by atoms with Crippen LogP contribution in [0.3, 0.4) is 0 Å². The molecule has 3 nitrogen and oxygen atoms in total. The molecule has 0 spiro atoms. The number of hydrogen-bond donors (Lipinski definition) is 0. The summed E-state index contributed by atoms with van der Waals surface area (Å²) >= 11 is 0. The fourth-order valence-corrected chi connectivity index (χ4v) is 1.41. The Bertz CT molecular complexity index is 496. The molecule has 64 valence electrons. The van der Waals surface area contributed by atoms with Crippen molar-refractivity contribution in [3.05, 3.63) is 36.5 Å². The van der Waals surface area contributed by atoms with Gasteiger partial charge in [0.15, 0.2) is 5.75 Å². The number of anilines is 1. The van der Waals surface area contributed by atoms with Gasteiger partial charge in [0.2, 0.25) is 0 Å². The van der Waals surface area contributed by atoms with Crippen LogP contribution in [0.2, 0.25) is 0 Å². The summed E-state index contributed by atoms with van der Waals surface area (Å²) in [6.45, 7) is 0.221. The Labute approximate surface area is 78.8 Å². The van der Waals surface area contributed by atoms with E-state index in [-0.39, 0.29) is 18.8 Å². The number of rotatable bonds is 0. The third-order valence-electron chi connectivity index (χ3n) is 1.98. The summed E-state index contributed by atoms with van der Waals surface area (Å²) in [5.74, 6) is 0.690. The lowest BCUT2D eigenvalue weighted by Crippen LogP contribution is -2.26. The van der Waals surface area contributed by atoms with Crippen molar-refractivity contribution in [3.63, 3.8) is 0 Å². The van der Waals surface area contributed by atoms with E-state index in [1.807, 2.05) is 24.3 Å². The molecule has 0 fully saturated rings. The molecule has 0 unspecified atom stereocenters. The molecule has 0 saturated heterocycles. The maximum Gasteiger partial charge on any atom is 0.302 e. The van der Waals surface area contributed by atoms with E-state index in [2.05, 4.69) is 4.99 Å². The Morgan fingerprint density at radius 3 is 3.38 bits per heavy atom. The van der Waals surface area contributed by atoms with Crippen LogP contribution in [0.15, 0.2) is 41.5 Å². The van der Waals surface area contributed by atoms with E-state index in [4.69, 9.17) is 7.48 Å². The molecular formula is C10H8N2O. The van der Waals surface area contributed by atoms with E-state index in [0.29, 0.717) is 11.8 Å². The SMILES string of the molecule is [2H]C1=C([2H])N2C(=NC1)Oc1ccccc12.